The van der Waals surface area contributed by atoms with Crippen LogP contribution in [-0.4, -0.2) is 35.3 Å². The Hall–Kier alpha value is -0.860. The van der Waals surface area contributed by atoms with Crippen LogP contribution in [0.2, 0.25) is 0 Å². The average molecular weight is 218 g/mol. The molecule has 2 fully saturated rings. The van der Waals surface area contributed by atoms with Crippen LogP contribution < -0.4 is 0 Å². The SMILES string of the molecule is Cc1ccccc1C[N+]12CCC(C1)C(O)C2. The summed E-state index contributed by atoms with van der Waals surface area (Å²) >= 11 is 0. The Kier molecular flexibility index (Phi) is 2.30. The summed E-state index contributed by atoms with van der Waals surface area (Å²) in [7, 11) is 0. The maximum Gasteiger partial charge on any atom is 0.111 e. The summed E-state index contributed by atoms with van der Waals surface area (Å²) in [4.78, 5) is 0. The summed E-state index contributed by atoms with van der Waals surface area (Å²) in [6, 6.07) is 8.65. The zero-order valence-corrected chi connectivity index (χ0v) is 9.89. The lowest BCUT2D eigenvalue weighted by molar-refractivity contribution is -0.923. The lowest BCUT2D eigenvalue weighted by Crippen LogP contribution is -2.45. The minimum absolute atomic E-state index is 0.0437. The van der Waals surface area contributed by atoms with E-state index in [2.05, 4.69) is 31.2 Å². The number of hydrogen-bond acceptors (Lipinski definition) is 1. The normalized spacial score (nSPS) is 36.9. The monoisotopic (exact) mass is 218 g/mol. The minimum atomic E-state index is -0.0437. The fourth-order valence-electron chi connectivity index (χ4n) is 3.50. The molecule has 16 heavy (non-hydrogen) atoms. The average Bonchev–Trinajstić information content (AvgIpc) is 2.78. The van der Waals surface area contributed by atoms with E-state index in [0.29, 0.717) is 5.92 Å². The van der Waals surface area contributed by atoms with E-state index in [1.807, 2.05) is 0 Å². The zero-order valence-electron chi connectivity index (χ0n) is 9.89. The minimum Gasteiger partial charge on any atom is -0.387 e. The van der Waals surface area contributed by atoms with Gasteiger partial charge in [0.2, 0.25) is 0 Å². The van der Waals surface area contributed by atoms with E-state index >= 15 is 0 Å². The second-order valence-electron chi connectivity index (χ2n) is 5.63. The molecule has 0 aliphatic carbocycles. The molecule has 2 saturated heterocycles. The molecule has 3 atom stereocenters. The van der Waals surface area contributed by atoms with Gasteiger partial charge in [0.05, 0.1) is 13.1 Å². The van der Waals surface area contributed by atoms with Crippen LogP contribution in [-0.2, 0) is 6.54 Å². The van der Waals surface area contributed by atoms with Gasteiger partial charge in [-0.3, -0.25) is 0 Å². The molecule has 2 nitrogen and oxygen atoms in total. The third-order valence-corrected chi connectivity index (χ3v) is 4.48. The van der Waals surface area contributed by atoms with Gasteiger partial charge in [-0.25, -0.2) is 0 Å². The van der Waals surface area contributed by atoms with Crippen LogP contribution in [0.25, 0.3) is 0 Å². The predicted molar refractivity (Wildman–Crippen MR) is 63.9 cm³/mol. The molecule has 2 aliphatic heterocycles. The van der Waals surface area contributed by atoms with Gasteiger partial charge in [0, 0.05) is 17.9 Å². The van der Waals surface area contributed by atoms with E-state index in [4.69, 9.17) is 0 Å². The van der Waals surface area contributed by atoms with Gasteiger partial charge in [0.25, 0.3) is 0 Å². The van der Waals surface area contributed by atoms with Gasteiger partial charge in [-0.1, -0.05) is 24.3 Å². The van der Waals surface area contributed by atoms with Crippen molar-refractivity contribution < 1.29 is 9.59 Å². The van der Waals surface area contributed by atoms with Gasteiger partial charge >= 0.3 is 0 Å². The maximum atomic E-state index is 9.92. The molecule has 0 radical (unpaired) electrons. The van der Waals surface area contributed by atoms with E-state index in [-0.39, 0.29) is 6.10 Å². The topological polar surface area (TPSA) is 20.2 Å². The van der Waals surface area contributed by atoms with E-state index in [0.717, 1.165) is 17.6 Å². The highest BCUT2D eigenvalue weighted by Gasteiger charge is 2.50. The maximum absolute atomic E-state index is 9.92. The number of aryl methyl sites for hydroxylation is 1. The Bertz CT molecular complexity index is 399. The number of benzene rings is 1. The van der Waals surface area contributed by atoms with Gasteiger partial charge < -0.3 is 9.59 Å². The number of rotatable bonds is 2. The van der Waals surface area contributed by atoms with Crippen molar-refractivity contribution in [2.24, 2.45) is 5.92 Å². The Labute approximate surface area is 97.1 Å². The van der Waals surface area contributed by atoms with Crippen molar-refractivity contribution >= 4 is 0 Å². The first kappa shape index (κ1) is 10.3. The number of nitrogens with zero attached hydrogens (tertiary/aromatic N) is 1. The number of fused-ring (bicyclic) bond motifs is 2. The van der Waals surface area contributed by atoms with Crippen molar-refractivity contribution in [3.63, 3.8) is 0 Å². The molecule has 3 rings (SSSR count). The second kappa shape index (κ2) is 3.57. The summed E-state index contributed by atoms with van der Waals surface area (Å²) < 4.78 is 1.12. The molecule has 1 N–H and O–H groups in total. The molecular weight excluding hydrogens is 198 g/mol. The summed E-state index contributed by atoms with van der Waals surface area (Å²) in [5.41, 5.74) is 2.84. The fraction of sp³-hybridized carbons (Fsp3) is 0.571. The Morgan fingerprint density at radius 3 is 2.75 bits per heavy atom. The Morgan fingerprint density at radius 2 is 2.12 bits per heavy atom. The van der Waals surface area contributed by atoms with Gasteiger partial charge in [0.15, 0.2) is 0 Å². The fourth-order valence-corrected chi connectivity index (χ4v) is 3.50. The van der Waals surface area contributed by atoms with Crippen molar-refractivity contribution in [2.45, 2.75) is 26.0 Å². The van der Waals surface area contributed by atoms with Gasteiger partial charge in [-0.05, 0) is 12.5 Å². The molecule has 2 heteroatoms. The first-order valence-corrected chi connectivity index (χ1v) is 6.26. The number of hydrogen-bond donors (Lipinski definition) is 1. The lowest BCUT2D eigenvalue weighted by atomic mass is 10.0. The molecule has 0 spiro atoms. The quantitative estimate of drug-likeness (QED) is 0.749. The summed E-state index contributed by atoms with van der Waals surface area (Å²) in [6.07, 6.45) is 1.17. The molecular formula is C14H20NO+. The highest BCUT2D eigenvalue weighted by molar-refractivity contribution is 5.24. The molecule has 2 aliphatic rings. The highest BCUT2D eigenvalue weighted by Crippen LogP contribution is 2.37. The molecule has 2 bridgehead atoms. The Balaban J connectivity index is 1.83. The Morgan fingerprint density at radius 1 is 1.31 bits per heavy atom. The third kappa shape index (κ3) is 1.57. The second-order valence-corrected chi connectivity index (χ2v) is 5.63. The van der Waals surface area contributed by atoms with Crippen molar-refractivity contribution in [3.8, 4) is 0 Å². The summed E-state index contributed by atoms with van der Waals surface area (Å²) in [5, 5.41) is 9.92. The van der Waals surface area contributed by atoms with Crippen LogP contribution in [0.1, 0.15) is 17.5 Å². The lowest BCUT2D eigenvalue weighted by Gasteiger charge is -2.33. The summed E-state index contributed by atoms with van der Waals surface area (Å²) in [6.45, 7) is 6.72. The molecule has 0 saturated carbocycles. The standard InChI is InChI=1S/C14H20NO/c1-11-4-2-3-5-12(11)8-15-7-6-13(9-15)14(16)10-15/h2-5,13-14,16H,6-10H2,1H3/q+1. The van der Waals surface area contributed by atoms with Crippen molar-refractivity contribution in [2.75, 3.05) is 19.6 Å². The molecule has 0 amide bonds. The van der Waals surface area contributed by atoms with Gasteiger partial charge in [0.1, 0.15) is 19.2 Å². The first-order valence-electron chi connectivity index (χ1n) is 6.26. The van der Waals surface area contributed by atoms with E-state index in [9.17, 15) is 5.11 Å². The predicted octanol–water partition coefficient (Wildman–Crippen LogP) is 1.71. The molecule has 3 unspecified atom stereocenters. The smallest absolute Gasteiger partial charge is 0.111 e. The molecule has 86 valence electrons. The van der Waals surface area contributed by atoms with E-state index < -0.39 is 0 Å². The van der Waals surface area contributed by atoms with Crippen molar-refractivity contribution in [3.05, 3.63) is 35.4 Å². The molecule has 1 aromatic carbocycles. The van der Waals surface area contributed by atoms with Crippen LogP contribution in [0.3, 0.4) is 0 Å². The van der Waals surface area contributed by atoms with Crippen LogP contribution >= 0.6 is 0 Å². The zero-order chi connectivity index (χ0) is 11.2. The third-order valence-electron chi connectivity index (χ3n) is 4.48. The number of quaternary nitrogens is 1. The van der Waals surface area contributed by atoms with Crippen LogP contribution in [0, 0.1) is 12.8 Å². The van der Waals surface area contributed by atoms with E-state index in [1.54, 1.807) is 0 Å². The largest absolute Gasteiger partial charge is 0.387 e. The highest BCUT2D eigenvalue weighted by atomic mass is 16.3. The van der Waals surface area contributed by atoms with Crippen molar-refractivity contribution in [1.29, 1.82) is 0 Å². The van der Waals surface area contributed by atoms with Gasteiger partial charge in [-0.2, -0.15) is 0 Å². The number of piperidine rings is 1. The number of aliphatic hydroxyl groups excluding tert-OH is 1. The van der Waals surface area contributed by atoms with Gasteiger partial charge in [-0.15, -0.1) is 0 Å². The van der Waals surface area contributed by atoms with E-state index in [1.165, 1.54) is 30.6 Å². The molecule has 0 aromatic heterocycles. The molecule has 1 aromatic rings. The first-order chi connectivity index (χ1) is 7.69. The summed E-state index contributed by atoms with van der Waals surface area (Å²) in [5.74, 6) is 0.573. The van der Waals surface area contributed by atoms with Crippen molar-refractivity contribution in [1.82, 2.24) is 0 Å². The van der Waals surface area contributed by atoms with Crippen LogP contribution in [0.15, 0.2) is 24.3 Å². The molecule has 2 heterocycles. The van der Waals surface area contributed by atoms with Crippen LogP contribution in [0.5, 0.6) is 0 Å². The van der Waals surface area contributed by atoms with Crippen LogP contribution in [0.4, 0.5) is 0 Å². The number of aliphatic hydroxyl groups is 1.